The van der Waals surface area contributed by atoms with Crippen molar-refractivity contribution in [1.82, 2.24) is 0 Å². The summed E-state index contributed by atoms with van der Waals surface area (Å²) in [6, 6.07) is 28.6. The van der Waals surface area contributed by atoms with Gasteiger partial charge in [0.25, 0.3) is 0 Å². The minimum atomic E-state index is -0.470. The maximum absolute atomic E-state index is 13.4. The van der Waals surface area contributed by atoms with Crippen LogP contribution in [-0.4, -0.2) is 20.9 Å². The predicted molar refractivity (Wildman–Crippen MR) is 104 cm³/mol. The molecule has 0 fully saturated rings. The van der Waals surface area contributed by atoms with Gasteiger partial charge < -0.3 is 0 Å². The number of anilines is 2. The molecule has 0 saturated carbocycles. The zero-order chi connectivity index (χ0) is 17.3. The molecule has 1 atom stereocenters. The van der Waals surface area contributed by atoms with E-state index in [0.717, 1.165) is 22.3 Å². The molecule has 3 aromatic carbocycles. The third-order valence-corrected chi connectivity index (χ3v) is 7.48. The number of amides is 1. The van der Waals surface area contributed by atoms with Crippen LogP contribution in [0.15, 0.2) is 84.9 Å². The van der Waals surface area contributed by atoms with E-state index in [0.29, 0.717) is 0 Å². The fourth-order valence-electron chi connectivity index (χ4n) is 3.32. The minimum absolute atomic E-state index is 0.178. The second kappa shape index (κ2) is 6.51. The molecule has 124 valence electrons. The Bertz CT molecular complexity index is 894. The van der Waals surface area contributed by atoms with Gasteiger partial charge in [-0.15, -0.1) is 0 Å². The van der Waals surface area contributed by atoms with E-state index in [1.54, 1.807) is 0 Å². The first-order valence-corrected chi connectivity index (χ1v) is 10.4. The number of fused-ring (bicyclic) bond motifs is 1. The van der Waals surface area contributed by atoms with E-state index in [1.807, 2.05) is 53.4 Å². The van der Waals surface area contributed by atoms with Crippen molar-refractivity contribution in [3.05, 3.63) is 90.5 Å². The van der Waals surface area contributed by atoms with Crippen LogP contribution in [-0.2, 0) is 10.2 Å². The number of hydrogen-bond acceptors (Lipinski definition) is 1. The van der Waals surface area contributed by atoms with Crippen molar-refractivity contribution in [1.29, 1.82) is 0 Å². The molecule has 1 aliphatic rings. The van der Waals surface area contributed by atoms with Crippen LogP contribution in [0, 0.1) is 0 Å². The number of carbonyl (C=O) groups excluding carboxylic acids is 1. The van der Waals surface area contributed by atoms with Crippen molar-refractivity contribution >= 4 is 36.7 Å². The van der Waals surface area contributed by atoms with Crippen LogP contribution in [0.5, 0.6) is 0 Å². The van der Waals surface area contributed by atoms with Crippen LogP contribution in [0.25, 0.3) is 0 Å². The summed E-state index contributed by atoms with van der Waals surface area (Å²) in [4.78, 5) is 15.3. The molecule has 1 amide bonds. The summed E-state index contributed by atoms with van der Waals surface area (Å²) in [5, 5.41) is 0.864. The SMILES string of the molecule is C[C@@]1(C[Se]c2ccccc2)C(=O)N(c2ccccc2)c2ccccc21. The Balaban J connectivity index is 1.72. The Morgan fingerprint density at radius 1 is 0.840 bits per heavy atom. The fourth-order valence-corrected chi connectivity index (χ4v) is 5.60. The molecule has 0 aromatic heterocycles. The first-order valence-electron chi connectivity index (χ1n) is 8.37. The topological polar surface area (TPSA) is 20.3 Å². The molecule has 25 heavy (non-hydrogen) atoms. The standard InChI is InChI=1S/C22H19NOSe/c1-22(16-25-18-12-6-3-7-13-18)19-14-8-9-15-20(19)23(21(22)24)17-10-4-2-5-11-17/h2-15H,16H2,1H3/t22-/m0/s1. The van der Waals surface area contributed by atoms with Crippen molar-refractivity contribution < 1.29 is 4.79 Å². The van der Waals surface area contributed by atoms with Gasteiger partial charge in [0, 0.05) is 0 Å². The molecule has 2 nitrogen and oxygen atoms in total. The molecule has 0 N–H and O–H groups in total. The van der Waals surface area contributed by atoms with Gasteiger partial charge in [0.15, 0.2) is 0 Å². The van der Waals surface area contributed by atoms with E-state index in [2.05, 4.69) is 43.3 Å². The summed E-state index contributed by atoms with van der Waals surface area (Å²) in [5.41, 5.74) is 2.63. The van der Waals surface area contributed by atoms with Gasteiger partial charge >= 0.3 is 155 Å². The average Bonchev–Trinajstić information content (AvgIpc) is 2.90. The first kappa shape index (κ1) is 16.1. The number of carbonyl (C=O) groups is 1. The number of hydrogen-bond donors (Lipinski definition) is 0. The molecule has 0 bridgehead atoms. The van der Waals surface area contributed by atoms with Crippen molar-refractivity contribution in [2.24, 2.45) is 0 Å². The van der Waals surface area contributed by atoms with Crippen LogP contribution in [0.4, 0.5) is 11.4 Å². The average molecular weight is 392 g/mol. The summed E-state index contributed by atoms with van der Waals surface area (Å²) >= 11 is 0.255. The van der Waals surface area contributed by atoms with Crippen molar-refractivity contribution in [2.45, 2.75) is 17.7 Å². The Morgan fingerprint density at radius 3 is 2.16 bits per heavy atom. The van der Waals surface area contributed by atoms with Crippen LogP contribution in [0.1, 0.15) is 12.5 Å². The zero-order valence-corrected chi connectivity index (χ0v) is 15.8. The monoisotopic (exact) mass is 393 g/mol. The Labute approximate surface area is 154 Å². The summed E-state index contributed by atoms with van der Waals surface area (Å²) in [6.45, 7) is 2.10. The van der Waals surface area contributed by atoms with Crippen molar-refractivity contribution in [3.8, 4) is 0 Å². The molecule has 3 heteroatoms. The number of benzene rings is 3. The predicted octanol–water partition coefficient (Wildman–Crippen LogP) is 4.07. The third kappa shape index (κ3) is 2.80. The normalized spacial score (nSPS) is 19.1. The van der Waals surface area contributed by atoms with E-state index < -0.39 is 5.41 Å². The summed E-state index contributed by atoms with van der Waals surface area (Å²) in [7, 11) is 0. The number of nitrogens with zero attached hydrogens (tertiary/aromatic N) is 1. The van der Waals surface area contributed by atoms with Gasteiger partial charge in [0.1, 0.15) is 0 Å². The van der Waals surface area contributed by atoms with Gasteiger partial charge in [-0.05, 0) is 0 Å². The second-order valence-electron chi connectivity index (χ2n) is 6.43. The Hall–Kier alpha value is -2.35. The summed E-state index contributed by atoms with van der Waals surface area (Å²) < 4.78 is 1.33. The van der Waals surface area contributed by atoms with Gasteiger partial charge in [-0.25, -0.2) is 0 Å². The number of rotatable bonds is 4. The first-order chi connectivity index (χ1) is 12.2. The van der Waals surface area contributed by atoms with E-state index in [1.165, 1.54) is 4.46 Å². The van der Waals surface area contributed by atoms with E-state index >= 15 is 0 Å². The second-order valence-corrected chi connectivity index (χ2v) is 8.63. The molecule has 4 rings (SSSR count). The zero-order valence-electron chi connectivity index (χ0n) is 14.1. The summed E-state index contributed by atoms with van der Waals surface area (Å²) in [5.74, 6) is 0.178. The molecular weight excluding hydrogens is 373 g/mol. The van der Waals surface area contributed by atoms with Gasteiger partial charge in [0.2, 0.25) is 0 Å². The quantitative estimate of drug-likeness (QED) is 0.613. The van der Waals surface area contributed by atoms with Crippen LogP contribution < -0.4 is 9.36 Å². The van der Waals surface area contributed by atoms with Crippen LogP contribution >= 0.6 is 0 Å². The van der Waals surface area contributed by atoms with Crippen LogP contribution in [0.3, 0.4) is 0 Å². The van der Waals surface area contributed by atoms with Crippen molar-refractivity contribution in [2.75, 3.05) is 4.90 Å². The molecule has 0 saturated heterocycles. The number of para-hydroxylation sites is 2. The van der Waals surface area contributed by atoms with E-state index in [-0.39, 0.29) is 20.9 Å². The fraction of sp³-hybridized carbons (Fsp3) is 0.136. The van der Waals surface area contributed by atoms with Gasteiger partial charge in [-0.3, -0.25) is 0 Å². The Kier molecular flexibility index (Phi) is 4.20. The molecule has 3 aromatic rings. The van der Waals surface area contributed by atoms with Gasteiger partial charge in [-0.1, -0.05) is 0 Å². The molecule has 0 spiro atoms. The third-order valence-electron chi connectivity index (χ3n) is 4.70. The van der Waals surface area contributed by atoms with Gasteiger partial charge in [-0.2, -0.15) is 0 Å². The Morgan fingerprint density at radius 2 is 1.44 bits per heavy atom. The molecule has 1 aliphatic heterocycles. The summed E-state index contributed by atoms with van der Waals surface area (Å²) in [6.07, 6.45) is 0. The van der Waals surface area contributed by atoms with E-state index in [4.69, 9.17) is 0 Å². The molecular formula is C22H19NOSe. The van der Waals surface area contributed by atoms with Gasteiger partial charge in [0.05, 0.1) is 0 Å². The molecule has 1 heterocycles. The van der Waals surface area contributed by atoms with Crippen LogP contribution in [0.2, 0.25) is 5.32 Å². The molecule has 0 unspecified atom stereocenters. The molecule has 0 aliphatic carbocycles. The van der Waals surface area contributed by atoms with Crippen molar-refractivity contribution in [3.63, 3.8) is 0 Å². The molecule has 0 radical (unpaired) electrons. The van der Waals surface area contributed by atoms with E-state index in [9.17, 15) is 4.79 Å². The maximum atomic E-state index is 13.4.